The van der Waals surface area contributed by atoms with Crippen LogP contribution in [0.2, 0.25) is 0 Å². The smallest absolute Gasteiger partial charge is 0.161 e. The van der Waals surface area contributed by atoms with Crippen LogP contribution in [0.3, 0.4) is 0 Å². The number of nitrogens with two attached hydrogens (primary N) is 1. The third-order valence-electron chi connectivity index (χ3n) is 2.29. The molecule has 0 aliphatic heterocycles. The Labute approximate surface area is 108 Å². The molecule has 1 aromatic rings. The minimum Gasteiger partial charge on any atom is -0.490 e. The predicted molar refractivity (Wildman–Crippen MR) is 73.4 cm³/mol. The maximum Gasteiger partial charge on any atom is 0.161 e. The Kier molecular flexibility index (Phi) is 6.00. The van der Waals surface area contributed by atoms with Crippen molar-refractivity contribution in [2.24, 2.45) is 10.9 Å². The van der Waals surface area contributed by atoms with Crippen LogP contribution in [-0.2, 0) is 0 Å². The standard InChI is InChI=1S/C13H21N3O2/c1-4-17-13-9-11(10-15-14)5-6-12(13)18-8-7-16(2)3/h5-6,9-10H,4,7-8,14H2,1-3H3. The molecule has 0 spiro atoms. The minimum atomic E-state index is 0.591. The summed E-state index contributed by atoms with van der Waals surface area (Å²) in [5.74, 6) is 6.59. The monoisotopic (exact) mass is 251 g/mol. The second kappa shape index (κ2) is 7.55. The molecular weight excluding hydrogens is 230 g/mol. The molecule has 0 heterocycles. The molecule has 100 valence electrons. The summed E-state index contributed by atoms with van der Waals surface area (Å²) in [5, 5.41) is 3.49. The Morgan fingerprint density at radius 2 is 2.06 bits per heavy atom. The van der Waals surface area contributed by atoms with Crippen LogP contribution in [0.4, 0.5) is 0 Å². The Bertz CT molecular complexity index is 392. The SMILES string of the molecule is CCOc1cc(C=NN)ccc1OCCN(C)C. The van der Waals surface area contributed by atoms with E-state index in [1.54, 1.807) is 6.21 Å². The molecule has 0 amide bonds. The lowest BCUT2D eigenvalue weighted by molar-refractivity contribution is 0.244. The molecule has 0 atom stereocenters. The summed E-state index contributed by atoms with van der Waals surface area (Å²) in [6.45, 7) is 4.01. The minimum absolute atomic E-state index is 0.591. The van der Waals surface area contributed by atoms with Gasteiger partial charge in [0.2, 0.25) is 0 Å². The topological polar surface area (TPSA) is 60.1 Å². The second-order valence-corrected chi connectivity index (χ2v) is 4.07. The van der Waals surface area contributed by atoms with Crippen molar-refractivity contribution < 1.29 is 9.47 Å². The van der Waals surface area contributed by atoms with Gasteiger partial charge >= 0.3 is 0 Å². The number of likely N-dealkylation sites (N-methyl/N-ethyl adjacent to an activating group) is 1. The lowest BCUT2D eigenvalue weighted by atomic mass is 10.2. The van der Waals surface area contributed by atoms with E-state index >= 15 is 0 Å². The van der Waals surface area contributed by atoms with E-state index in [9.17, 15) is 0 Å². The van der Waals surface area contributed by atoms with E-state index in [1.165, 1.54) is 0 Å². The Morgan fingerprint density at radius 1 is 1.28 bits per heavy atom. The number of hydrogen-bond donors (Lipinski definition) is 1. The van der Waals surface area contributed by atoms with Crippen LogP contribution in [0.25, 0.3) is 0 Å². The molecule has 0 fully saturated rings. The molecule has 0 bridgehead atoms. The Balaban J connectivity index is 2.75. The van der Waals surface area contributed by atoms with Crippen LogP contribution in [0, 0.1) is 0 Å². The third-order valence-corrected chi connectivity index (χ3v) is 2.29. The molecule has 1 aromatic carbocycles. The van der Waals surface area contributed by atoms with Crippen molar-refractivity contribution in [2.45, 2.75) is 6.92 Å². The highest BCUT2D eigenvalue weighted by atomic mass is 16.5. The molecular formula is C13H21N3O2. The van der Waals surface area contributed by atoms with Gasteiger partial charge in [0.05, 0.1) is 12.8 Å². The van der Waals surface area contributed by atoms with Crippen molar-refractivity contribution in [3.05, 3.63) is 23.8 Å². The van der Waals surface area contributed by atoms with Crippen LogP contribution < -0.4 is 15.3 Å². The number of rotatable bonds is 7. The third kappa shape index (κ3) is 4.63. The second-order valence-electron chi connectivity index (χ2n) is 4.07. The van der Waals surface area contributed by atoms with E-state index in [0.717, 1.165) is 17.9 Å². The van der Waals surface area contributed by atoms with E-state index in [4.69, 9.17) is 15.3 Å². The maximum absolute atomic E-state index is 5.69. The maximum atomic E-state index is 5.69. The molecule has 0 radical (unpaired) electrons. The van der Waals surface area contributed by atoms with Crippen molar-refractivity contribution in [2.75, 3.05) is 33.9 Å². The summed E-state index contributed by atoms with van der Waals surface area (Å²) >= 11 is 0. The highest BCUT2D eigenvalue weighted by Gasteiger charge is 2.06. The zero-order valence-electron chi connectivity index (χ0n) is 11.2. The lowest BCUT2D eigenvalue weighted by Gasteiger charge is -2.14. The molecule has 0 unspecified atom stereocenters. The van der Waals surface area contributed by atoms with Crippen LogP contribution in [0.1, 0.15) is 12.5 Å². The first-order valence-corrected chi connectivity index (χ1v) is 5.95. The average Bonchev–Trinajstić information content (AvgIpc) is 2.32. The number of benzene rings is 1. The van der Waals surface area contributed by atoms with E-state index < -0.39 is 0 Å². The van der Waals surface area contributed by atoms with Crippen LogP contribution in [0.15, 0.2) is 23.3 Å². The largest absolute Gasteiger partial charge is 0.490 e. The highest BCUT2D eigenvalue weighted by Crippen LogP contribution is 2.27. The first-order chi connectivity index (χ1) is 8.67. The van der Waals surface area contributed by atoms with E-state index in [1.807, 2.05) is 39.2 Å². The number of hydrazone groups is 1. The summed E-state index contributed by atoms with van der Waals surface area (Å²) in [6, 6.07) is 5.63. The highest BCUT2D eigenvalue weighted by molar-refractivity contribution is 5.80. The van der Waals surface area contributed by atoms with Crippen molar-refractivity contribution in [1.82, 2.24) is 4.90 Å². The number of hydrogen-bond acceptors (Lipinski definition) is 5. The van der Waals surface area contributed by atoms with Gasteiger partial charge in [0.1, 0.15) is 6.61 Å². The first kappa shape index (κ1) is 14.3. The molecule has 5 nitrogen and oxygen atoms in total. The van der Waals surface area contributed by atoms with E-state index in [0.29, 0.717) is 19.0 Å². The fourth-order valence-electron chi connectivity index (χ4n) is 1.42. The molecule has 18 heavy (non-hydrogen) atoms. The lowest BCUT2D eigenvalue weighted by Crippen LogP contribution is -2.19. The van der Waals surface area contributed by atoms with Gasteiger partial charge in [-0.25, -0.2) is 0 Å². The van der Waals surface area contributed by atoms with E-state index in [2.05, 4.69) is 10.0 Å². The van der Waals surface area contributed by atoms with Crippen molar-refractivity contribution in [3.8, 4) is 11.5 Å². The zero-order chi connectivity index (χ0) is 13.4. The van der Waals surface area contributed by atoms with Gasteiger partial charge in [-0.05, 0) is 44.8 Å². The molecule has 0 saturated carbocycles. The van der Waals surface area contributed by atoms with Gasteiger partial charge in [-0.1, -0.05) is 0 Å². The molecule has 0 saturated heterocycles. The van der Waals surface area contributed by atoms with E-state index in [-0.39, 0.29) is 0 Å². The van der Waals surface area contributed by atoms with Crippen molar-refractivity contribution in [1.29, 1.82) is 0 Å². The van der Waals surface area contributed by atoms with Gasteiger partial charge in [0.15, 0.2) is 11.5 Å². The molecule has 0 aliphatic carbocycles. The molecule has 2 N–H and O–H groups in total. The van der Waals surface area contributed by atoms with Gasteiger partial charge in [0, 0.05) is 6.54 Å². The van der Waals surface area contributed by atoms with Gasteiger partial charge in [0.25, 0.3) is 0 Å². The first-order valence-electron chi connectivity index (χ1n) is 5.95. The van der Waals surface area contributed by atoms with Gasteiger partial charge in [-0.15, -0.1) is 0 Å². The van der Waals surface area contributed by atoms with Gasteiger partial charge in [-0.3, -0.25) is 0 Å². The normalized spacial score (nSPS) is 11.1. The Morgan fingerprint density at radius 3 is 2.67 bits per heavy atom. The molecule has 0 aliphatic rings. The van der Waals surface area contributed by atoms with Crippen LogP contribution in [0.5, 0.6) is 11.5 Å². The summed E-state index contributed by atoms with van der Waals surface area (Å²) in [6.07, 6.45) is 1.58. The molecule has 1 rings (SSSR count). The Hall–Kier alpha value is -1.75. The van der Waals surface area contributed by atoms with Crippen LogP contribution >= 0.6 is 0 Å². The van der Waals surface area contributed by atoms with Crippen LogP contribution in [-0.4, -0.2) is 45.0 Å². The number of nitrogens with zero attached hydrogens (tertiary/aromatic N) is 2. The van der Waals surface area contributed by atoms with Gasteiger partial charge in [-0.2, -0.15) is 5.10 Å². The predicted octanol–water partition coefficient (Wildman–Crippen LogP) is 1.32. The summed E-state index contributed by atoms with van der Waals surface area (Å²) in [7, 11) is 4.02. The fraction of sp³-hybridized carbons (Fsp3) is 0.462. The number of ether oxygens (including phenoxy) is 2. The van der Waals surface area contributed by atoms with Gasteiger partial charge < -0.3 is 20.2 Å². The summed E-state index contributed by atoms with van der Waals surface area (Å²) < 4.78 is 11.2. The summed E-state index contributed by atoms with van der Waals surface area (Å²) in [4.78, 5) is 2.07. The van der Waals surface area contributed by atoms with Crippen molar-refractivity contribution >= 4 is 6.21 Å². The zero-order valence-corrected chi connectivity index (χ0v) is 11.2. The fourth-order valence-corrected chi connectivity index (χ4v) is 1.42. The quantitative estimate of drug-likeness (QED) is 0.451. The summed E-state index contributed by atoms with van der Waals surface area (Å²) in [5.41, 5.74) is 0.890. The average molecular weight is 251 g/mol. The molecule has 5 heteroatoms. The van der Waals surface area contributed by atoms with Crippen molar-refractivity contribution in [3.63, 3.8) is 0 Å². The molecule has 0 aromatic heterocycles.